The molecule has 0 amide bonds. The Morgan fingerprint density at radius 2 is 2.15 bits per heavy atom. The fraction of sp³-hybridized carbons (Fsp3) is 0.714. The molecule has 1 aromatic heterocycles. The Hall–Kier alpha value is -0.880. The lowest BCUT2D eigenvalue weighted by molar-refractivity contribution is 0.0252. The lowest BCUT2D eigenvalue weighted by Gasteiger charge is -2.21. The summed E-state index contributed by atoms with van der Waals surface area (Å²) in [4.78, 5) is 0. The van der Waals surface area contributed by atoms with E-state index in [1.54, 1.807) is 0 Å². The smallest absolute Gasteiger partial charge is 0.296 e. The summed E-state index contributed by atoms with van der Waals surface area (Å²) < 4.78 is 10.8. The van der Waals surface area contributed by atoms with Crippen LogP contribution in [0.2, 0.25) is 0 Å². The lowest BCUT2D eigenvalue weighted by atomic mass is 10.2. The summed E-state index contributed by atoms with van der Waals surface area (Å²) in [7, 11) is 0. The number of anilines is 1. The zero-order chi connectivity index (χ0) is 9.10. The zero-order valence-corrected chi connectivity index (χ0v) is 7.92. The summed E-state index contributed by atoms with van der Waals surface area (Å²) in [5.41, 5.74) is 5.42. The molecule has 2 N–H and O–H groups in total. The maximum atomic E-state index is 5.56. The van der Waals surface area contributed by atoms with Gasteiger partial charge in [0.1, 0.15) is 6.10 Å². The van der Waals surface area contributed by atoms with Crippen molar-refractivity contribution in [2.45, 2.75) is 18.9 Å². The van der Waals surface area contributed by atoms with Crippen LogP contribution < -0.4 is 10.5 Å². The number of hydrogen-bond acceptors (Lipinski definition) is 6. The third-order valence-corrected chi connectivity index (χ3v) is 2.50. The Labute approximate surface area is 79.9 Å². The second-order valence-corrected chi connectivity index (χ2v) is 3.81. The summed E-state index contributed by atoms with van der Waals surface area (Å²) in [5.74, 6) is 0. The van der Waals surface area contributed by atoms with Gasteiger partial charge >= 0.3 is 0 Å². The van der Waals surface area contributed by atoms with Crippen LogP contribution in [-0.4, -0.2) is 29.5 Å². The van der Waals surface area contributed by atoms with Crippen LogP contribution >= 0.6 is 11.3 Å². The van der Waals surface area contributed by atoms with E-state index in [1.807, 2.05) is 0 Å². The van der Waals surface area contributed by atoms with E-state index in [0.717, 1.165) is 26.1 Å². The first-order chi connectivity index (χ1) is 6.34. The standard InChI is InChI=1S/C7H11N3O2S/c8-6-9-10-7(13-6)12-5-1-3-11-4-2-5/h5H,1-4H2,(H2,8,9). The number of nitrogens with zero attached hydrogens (tertiary/aromatic N) is 2. The second kappa shape index (κ2) is 3.89. The largest absolute Gasteiger partial charge is 0.465 e. The Morgan fingerprint density at radius 3 is 2.77 bits per heavy atom. The Balaban J connectivity index is 1.89. The van der Waals surface area contributed by atoms with Gasteiger partial charge in [-0.15, -0.1) is 5.10 Å². The number of hydrogen-bond donors (Lipinski definition) is 1. The highest BCUT2D eigenvalue weighted by molar-refractivity contribution is 7.16. The molecule has 1 fully saturated rings. The molecule has 72 valence electrons. The molecule has 6 heteroatoms. The number of nitrogens with two attached hydrogens (primary N) is 1. The predicted molar refractivity (Wildman–Crippen MR) is 48.8 cm³/mol. The Morgan fingerprint density at radius 1 is 1.38 bits per heavy atom. The molecule has 0 radical (unpaired) electrons. The summed E-state index contributed by atoms with van der Waals surface area (Å²) in [6.45, 7) is 1.53. The van der Waals surface area contributed by atoms with Crippen LogP contribution in [0.25, 0.3) is 0 Å². The summed E-state index contributed by atoms with van der Waals surface area (Å²) in [5, 5.41) is 8.47. The minimum atomic E-state index is 0.209. The van der Waals surface area contributed by atoms with Gasteiger partial charge in [0, 0.05) is 12.8 Å². The number of aromatic nitrogens is 2. The molecule has 2 rings (SSSR count). The first-order valence-corrected chi connectivity index (χ1v) is 4.99. The topological polar surface area (TPSA) is 70.3 Å². The van der Waals surface area contributed by atoms with E-state index in [2.05, 4.69) is 10.2 Å². The lowest BCUT2D eigenvalue weighted by Crippen LogP contribution is -2.25. The molecule has 1 aliphatic rings. The van der Waals surface area contributed by atoms with Gasteiger partial charge in [-0.1, -0.05) is 5.10 Å². The van der Waals surface area contributed by atoms with E-state index in [4.69, 9.17) is 15.2 Å². The minimum Gasteiger partial charge on any atom is -0.465 e. The molecule has 0 aromatic carbocycles. The summed E-state index contributed by atoms with van der Waals surface area (Å²) in [6.07, 6.45) is 2.04. The molecule has 2 heterocycles. The van der Waals surface area contributed by atoms with Gasteiger partial charge in [-0.25, -0.2) is 0 Å². The van der Waals surface area contributed by atoms with Crippen molar-refractivity contribution in [3.05, 3.63) is 0 Å². The van der Waals surface area contributed by atoms with Crippen molar-refractivity contribution in [2.75, 3.05) is 18.9 Å². The van der Waals surface area contributed by atoms with Crippen molar-refractivity contribution in [1.29, 1.82) is 0 Å². The molecule has 0 unspecified atom stereocenters. The van der Waals surface area contributed by atoms with Crippen LogP contribution in [0.5, 0.6) is 5.19 Å². The van der Waals surface area contributed by atoms with E-state index >= 15 is 0 Å². The monoisotopic (exact) mass is 201 g/mol. The minimum absolute atomic E-state index is 0.209. The van der Waals surface area contributed by atoms with E-state index < -0.39 is 0 Å². The van der Waals surface area contributed by atoms with Crippen molar-refractivity contribution >= 4 is 16.5 Å². The Kier molecular flexibility index (Phi) is 2.60. The average molecular weight is 201 g/mol. The van der Waals surface area contributed by atoms with Crippen LogP contribution in [0.3, 0.4) is 0 Å². The van der Waals surface area contributed by atoms with Gasteiger partial charge in [0.2, 0.25) is 5.13 Å². The molecule has 0 spiro atoms. The summed E-state index contributed by atoms with van der Waals surface area (Å²) >= 11 is 1.27. The molecule has 0 saturated carbocycles. The van der Waals surface area contributed by atoms with E-state index in [0.29, 0.717) is 10.3 Å². The van der Waals surface area contributed by atoms with Gasteiger partial charge in [-0.2, -0.15) is 0 Å². The fourth-order valence-corrected chi connectivity index (χ4v) is 1.73. The maximum Gasteiger partial charge on any atom is 0.296 e. The molecule has 0 bridgehead atoms. The Bertz CT molecular complexity index is 272. The van der Waals surface area contributed by atoms with Crippen molar-refractivity contribution in [3.63, 3.8) is 0 Å². The highest BCUT2D eigenvalue weighted by Crippen LogP contribution is 2.22. The van der Waals surface area contributed by atoms with Gasteiger partial charge < -0.3 is 15.2 Å². The van der Waals surface area contributed by atoms with Crippen LogP contribution in [0, 0.1) is 0 Å². The van der Waals surface area contributed by atoms with Crippen LogP contribution in [-0.2, 0) is 4.74 Å². The van der Waals surface area contributed by atoms with Crippen LogP contribution in [0.15, 0.2) is 0 Å². The number of ether oxygens (including phenoxy) is 2. The molecule has 0 atom stereocenters. The maximum absolute atomic E-state index is 5.56. The highest BCUT2D eigenvalue weighted by Gasteiger charge is 2.16. The van der Waals surface area contributed by atoms with Crippen molar-refractivity contribution in [1.82, 2.24) is 10.2 Å². The third kappa shape index (κ3) is 2.28. The predicted octanol–water partition coefficient (Wildman–Crippen LogP) is 0.678. The SMILES string of the molecule is Nc1nnc(OC2CCOCC2)s1. The molecular formula is C7H11N3O2S. The number of rotatable bonds is 2. The first-order valence-electron chi connectivity index (χ1n) is 4.18. The number of nitrogen functional groups attached to an aromatic ring is 1. The van der Waals surface area contributed by atoms with Crippen LogP contribution in [0.4, 0.5) is 5.13 Å². The quantitative estimate of drug-likeness (QED) is 0.761. The second-order valence-electron chi connectivity index (χ2n) is 2.84. The zero-order valence-electron chi connectivity index (χ0n) is 7.10. The van der Waals surface area contributed by atoms with Gasteiger partial charge in [0.15, 0.2) is 0 Å². The molecule has 1 aromatic rings. The fourth-order valence-electron chi connectivity index (χ4n) is 1.20. The van der Waals surface area contributed by atoms with Crippen LogP contribution in [0.1, 0.15) is 12.8 Å². The first kappa shape index (κ1) is 8.71. The molecule has 13 heavy (non-hydrogen) atoms. The molecule has 0 aliphatic carbocycles. The molecule has 1 saturated heterocycles. The highest BCUT2D eigenvalue weighted by atomic mass is 32.1. The van der Waals surface area contributed by atoms with Crippen molar-refractivity contribution in [3.8, 4) is 5.19 Å². The third-order valence-electron chi connectivity index (χ3n) is 1.86. The van der Waals surface area contributed by atoms with E-state index in [1.165, 1.54) is 11.3 Å². The molecular weight excluding hydrogens is 190 g/mol. The molecule has 5 nitrogen and oxygen atoms in total. The van der Waals surface area contributed by atoms with Gasteiger partial charge in [0.05, 0.1) is 13.2 Å². The van der Waals surface area contributed by atoms with Gasteiger partial charge in [-0.3, -0.25) is 0 Å². The van der Waals surface area contributed by atoms with E-state index in [9.17, 15) is 0 Å². The van der Waals surface area contributed by atoms with Gasteiger partial charge in [-0.05, 0) is 11.3 Å². The normalized spacial score (nSPS) is 18.8. The summed E-state index contributed by atoms with van der Waals surface area (Å²) in [6, 6.07) is 0. The van der Waals surface area contributed by atoms with Gasteiger partial charge in [0.25, 0.3) is 5.19 Å². The van der Waals surface area contributed by atoms with Crippen molar-refractivity contribution < 1.29 is 9.47 Å². The van der Waals surface area contributed by atoms with Crippen molar-refractivity contribution in [2.24, 2.45) is 0 Å². The molecule has 1 aliphatic heterocycles. The average Bonchev–Trinajstić information content (AvgIpc) is 2.53. The van der Waals surface area contributed by atoms with E-state index in [-0.39, 0.29) is 6.10 Å².